The number of hydrogen-bond acceptors (Lipinski definition) is 11. The fourth-order valence-corrected chi connectivity index (χ4v) is 8.66. The number of halogens is 1. The van der Waals surface area contributed by atoms with E-state index in [2.05, 4.69) is 4.98 Å². The SMILES string of the molecule is CC(=O)OCC1(C)C2C[C@H](OC(=O)c3ccccc3F)[C@@]3(C)Oc4cc(-c5cccnc5)oc(=O)c4[C@H](O)C3[C@@]2(C)CC[C@@H]1OC(C)=O. The minimum atomic E-state index is -1.45. The summed E-state index contributed by atoms with van der Waals surface area (Å²) in [6, 6.07) is 10.3. The average molecular weight is 664 g/mol. The number of pyridine rings is 1. The van der Waals surface area contributed by atoms with E-state index in [0.717, 1.165) is 6.07 Å². The highest BCUT2D eigenvalue weighted by Gasteiger charge is 2.71. The van der Waals surface area contributed by atoms with Gasteiger partial charge in [0.2, 0.25) is 0 Å². The van der Waals surface area contributed by atoms with Crippen LogP contribution in [0, 0.1) is 28.5 Å². The second kappa shape index (κ2) is 12.1. The normalized spacial score (nSPS) is 32.0. The van der Waals surface area contributed by atoms with Crippen molar-refractivity contribution in [3.05, 3.63) is 82.2 Å². The zero-order chi connectivity index (χ0) is 34.6. The molecular weight excluding hydrogens is 625 g/mol. The zero-order valence-corrected chi connectivity index (χ0v) is 27.4. The molecule has 8 atom stereocenters. The Morgan fingerprint density at radius 1 is 1.04 bits per heavy atom. The Morgan fingerprint density at radius 3 is 2.46 bits per heavy atom. The Bertz CT molecular complexity index is 1810. The minimum absolute atomic E-state index is 0.0571. The maximum atomic E-state index is 14.8. The number of carbonyl (C=O) groups excluding carboxylic acids is 3. The van der Waals surface area contributed by atoms with Gasteiger partial charge in [0.15, 0.2) is 0 Å². The van der Waals surface area contributed by atoms with Crippen molar-refractivity contribution in [2.45, 2.75) is 77.8 Å². The van der Waals surface area contributed by atoms with E-state index in [-0.39, 0.29) is 35.7 Å². The molecule has 1 aliphatic heterocycles. The second-order valence-corrected chi connectivity index (χ2v) is 13.7. The topological polar surface area (TPSA) is 151 Å². The number of aliphatic hydroxyl groups is 1. The van der Waals surface area contributed by atoms with Gasteiger partial charge >= 0.3 is 23.5 Å². The highest BCUT2D eigenvalue weighted by atomic mass is 19.1. The van der Waals surface area contributed by atoms with Crippen LogP contribution in [0.1, 0.15) is 75.9 Å². The lowest BCUT2D eigenvalue weighted by Crippen LogP contribution is -2.71. The summed E-state index contributed by atoms with van der Waals surface area (Å²) in [6.07, 6.45) is 0.703. The third kappa shape index (κ3) is 5.45. The van der Waals surface area contributed by atoms with Crippen LogP contribution in [0.5, 0.6) is 5.75 Å². The molecule has 48 heavy (non-hydrogen) atoms. The number of hydrogen-bond donors (Lipinski definition) is 1. The van der Waals surface area contributed by atoms with E-state index in [4.69, 9.17) is 23.4 Å². The number of esters is 3. The number of nitrogens with zero attached hydrogens (tertiary/aromatic N) is 1. The van der Waals surface area contributed by atoms with Gasteiger partial charge in [0.25, 0.3) is 0 Å². The van der Waals surface area contributed by atoms with E-state index in [1.807, 2.05) is 13.8 Å². The van der Waals surface area contributed by atoms with Gasteiger partial charge in [0.1, 0.15) is 47.3 Å². The fourth-order valence-electron chi connectivity index (χ4n) is 8.66. The molecule has 2 fully saturated rings. The molecule has 2 aromatic heterocycles. The smallest absolute Gasteiger partial charge is 0.345 e. The van der Waals surface area contributed by atoms with Crippen molar-refractivity contribution >= 4 is 17.9 Å². The molecule has 0 bridgehead atoms. The Morgan fingerprint density at radius 2 is 1.79 bits per heavy atom. The van der Waals surface area contributed by atoms with E-state index in [9.17, 15) is 28.7 Å². The predicted octanol–water partition coefficient (Wildman–Crippen LogP) is 5.19. The largest absolute Gasteiger partial charge is 0.482 e. The molecule has 2 aliphatic carbocycles. The third-order valence-corrected chi connectivity index (χ3v) is 10.8. The highest BCUT2D eigenvalue weighted by molar-refractivity contribution is 5.89. The van der Waals surface area contributed by atoms with Gasteiger partial charge in [0.05, 0.1) is 11.7 Å². The number of ether oxygens (including phenoxy) is 4. The first-order valence-corrected chi connectivity index (χ1v) is 15.9. The van der Waals surface area contributed by atoms with Crippen molar-refractivity contribution in [2.75, 3.05) is 6.61 Å². The quantitative estimate of drug-likeness (QED) is 0.274. The summed E-state index contributed by atoms with van der Waals surface area (Å²) in [5.74, 6) is -3.97. The van der Waals surface area contributed by atoms with Gasteiger partial charge < -0.3 is 28.5 Å². The Labute approximate surface area is 276 Å². The molecule has 1 aromatic carbocycles. The van der Waals surface area contributed by atoms with Crippen molar-refractivity contribution in [1.29, 1.82) is 0 Å². The lowest BCUT2D eigenvalue weighted by Gasteiger charge is -2.66. The molecular formula is C36H38FNO10. The zero-order valence-electron chi connectivity index (χ0n) is 27.4. The van der Waals surface area contributed by atoms with E-state index in [0.29, 0.717) is 18.4 Å². The molecule has 0 saturated heterocycles. The first-order valence-electron chi connectivity index (χ1n) is 15.9. The van der Waals surface area contributed by atoms with Crippen LogP contribution >= 0.6 is 0 Å². The van der Waals surface area contributed by atoms with Crippen molar-refractivity contribution in [3.63, 3.8) is 0 Å². The van der Waals surface area contributed by atoms with Crippen LogP contribution in [-0.4, -0.2) is 52.4 Å². The van der Waals surface area contributed by atoms with Crippen LogP contribution in [-0.2, 0) is 23.8 Å². The van der Waals surface area contributed by atoms with Crippen molar-refractivity contribution in [1.82, 2.24) is 4.98 Å². The molecule has 3 aromatic rings. The molecule has 3 unspecified atom stereocenters. The molecule has 2 saturated carbocycles. The summed E-state index contributed by atoms with van der Waals surface area (Å²) in [7, 11) is 0. The first kappa shape index (κ1) is 33.3. The summed E-state index contributed by atoms with van der Waals surface area (Å²) >= 11 is 0. The van der Waals surface area contributed by atoms with Crippen LogP contribution in [0.15, 0.2) is 64.1 Å². The number of rotatable bonds is 6. The van der Waals surface area contributed by atoms with Crippen molar-refractivity contribution in [2.24, 2.45) is 22.7 Å². The Balaban J connectivity index is 1.51. The monoisotopic (exact) mass is 663 g/mol. The highest BCUT2D eigenvalue weighted by Crippen LogP contribution is 2.67. The maximum Gasteiger partial charge on any atom is 0.345 e. The molecule has 1 N–H and O–H groups in total. The lowest BCUT2D eigenvalue weighted by atomic mass is 9.42. The lowest BCUT2D eigenvalue weighted by molar-refractivity contribution is -0.266. The van der Waals surface area contributed by atoms with E-state index in [1.54, 1.807) is 25.3 Å². The number of benzene rings is 1. The first-order chi connectivity index (χ1) is 22.7. The van der Waals surface area contributed by atoms with Crippen molar-refractivity contribution in [3.8, 4) is 17.1 Å². The van der Waals surface area contributed by atoms with Crippen molar-refractivity contribution < 1.29 is 47.2 Å². The molecule has 254 valence electrons. The predicted molar refractivity (Wildman–Crippen MR) is 167 cm³/mol. The molecule has 0 amide bonds. The molecule has 0 spiro atoms. The molecule has 3 heterocycles. The van der Waals surface area contributed by atoms with Crippen LogP contribution in [0.25, 0.3) is 11.3 Å². The standard InChI is InChI=1S/C36H38FNO10/c1-19(39)44-18-35(4)26-16-28(47-32(42)22-10-6-7-11-23(22)37)36(5)31(34(26,3)13-12-27(35)45-20(2)40)30(41)29-25(48-36)15-24(46-33(29)43)21-9-8-14-38-17-21/h6-11,14-15,17,26-28,30-31,41H,12-13,16,18H2,1-5H3/t26?,27-,28-,30-,31?,34-,35?,36+/m0/s1. The van der Waals surface area contributed by atoms with Gasteiger partial charge in [-0.05, 0) is 61.8 Å². The Kier molecular flexibility index (Phi) is 8.43. The van der Waals surface area contributed by atoms with Crippen LogP contribution in [0.4, 0.5) is 4.39 Å². The van der Waals surface area contributed by atoms with Gasteiger partial charge in [-0.25, -0.2) is 14.0 Å². The summed E-state index contributed by atoms with van der Waals surface area (Å²) in [4.78, 5) is 55.7. The van der Waals surface area contributed by atoms with E-state index >= 15 is 0 Å². The molecule has 11 nitrogen and oxygen atoms in total. The van der Waals surface area contributed by atoms with E-state index < -0.39 is 75.9 Å². The molecule has 3 aliphatic rings. The van der Waals surface area contributed by atoms with Crippen LogP contribution in [0.2, 0.25) is 0 Å². The number of fused-ring (bicyclic) bond motifs is 4. The molecule has 12 heteroatoms. The number of carbonyl (C=O) groups is 3. The van der Waals surface area contributed by atoms with Gasteiger partial charge in [-0.2, -0.15) is 0 Å². The van der Waals surface area contributed by atoms with E-state index in [1.165, 1.54) is 44.3 Å². The minimum Gasteiger partial charge on any atom is -0.482 e. The Hall–Kier alpha value is -4.58. The second-order valence-electron chi connectivity index (χ2n) is 13.7. The summed E-state index contributed by atoms with van der Waals surface area (Å²) in [5, 5.41) is 12.3. The number of aromatic nitrogens is 1. The van der Waals surface area contributed by atoms with Gasteiger partial charge in [0, 0.05) is 49.2 Å². The van der Waals surface area contributed by atoms with Gasteiger partial charge in [-0.15, -0.1) is 0 Å². The summed E-state index contributed by atoms with van der Waals surface area (Å²) in [5.41, 5.74) is -4.00. The third-order valence-electron chi connectivity index (χ3n) is 10.8. The summed E-state index contributed by atoms with van der Waals surface area (Å²) < 4.78 is 44.7. The van der Waals surface area contributed by atoms with Crippen LogP contribution in [0.3, 0.4) is 0 Å². The maximum absolute atomic E-state index is 14.8. The van der Waals surface area contributed by atoms with Gasteiger partial charge in [-0.1, -0.05) is 26.0 Å². The summed E-state index contributed by atoms with van der Waals surface area (Å²) in [6.45, 7) is 7.94. The van der Waals surface area contributed by atoms with Crippen LogP contribution < -0.4 is 10.4 Å². The molecule has 0 radical (unpaired) electrons. The van der Waals surface area contributed by atoms with Gasteiger partial charge in [-0.3, -0.25) is 14.6 Å². The fraction of sp³-hybridized carbons (Fsp3) is 0.472. The average Bonchev–Trinajstić information content (AvgIpc) is 3.02. The number of aliphatic hydroxyl groups excluding tert-OH is 1. The molecule has 6 rings (SSSR count).